The largest absolute Gasteiger partial charge is 0.357 e. The van der Waals surface area contributed by atoms with Gasteiger partial charge in [-0.15, -0.1) is 24.0 Å². The molecule has 0 atom stereocenters. The first-order valence-electron chi connectivity index (χ1n) is 11.3. The van der Waals surface area contributed by atoms with E-state index in [0.29, 0.717) is 11.4 Å². The van der Waals surface area contributed by atoms with Crippen LogP contribution in [-0.2, 0) is 11.2 Å². The molecule has 0 aromatic heterocycles. The van der Waals surface area contributed by atoms with Crippen LogP contribution in [0, 0.1) is 0 Å². The molecule has 1 heterocycles. The first-order valence-corrected chi connectivity index (χ1v) is 11.7. The number of nitrogens with zero attached hydrogens (tertiary/aromatic N) is 4. The lowest BCUT2D eigenvalue weighted by molar-refractivity contribution is -0.131. The van der Waals surface area contributed by atoms with Gasteiger partial charge in [0.15, 0.2) is 5.96 Å². The van der Waals surface area contributed by atoms with E-state index >= 15 is 0 Å². The first-order chi connectivity index (χ1) is 14.6. The Labute approximate surface area is 210 Å². The topological polar surface area (TPSA) is 51.2 Å². The van der Waals surface area contributed by atoms with Crippen molar-refractivity contribution < 1.29 is 4.79 Å². The monoisotopic (exact) mass is 563 g/mol. The van der Waals surface area contributed by atoms with Crippen molar-refractivity contribution in [2.75, 3.05) is 58.9 Å². The van der Waals surface area contributed by atoms with Crippen LogP contribution in [0.4, 0.5) is 0 Å². The zero-order valence-corrected chi connectivity index (χ0v) is 22.4. The summed E-state index contributed by atoms with van der Waals surface area (Å²) < 4.78 is 0. The summed E-state index contributed by atoms with van der Waals surface area (Å²) in [4.78, 5) is 24.1. The summed E-state index contributed by atoms with van der Waals surface area (Å²) in [5.74, 6) is 1.14. The highest BCUT2D eigenvalue weighted by molar-refractivity contribution is 14.0. The normalized spacial score (nSPS) is 14.5. The van der Waals surface area contributed by atoms with E-state index in [4.69, 9.17) is 16.6 Å². The van der Waals surface area contributed by atoms with Crippen LogP contribution in [0.15, 0.2) is 29.3 Å². The van der Waals surface area contributed by atoms with Crippen LogP contribution in [0.25, 0.3) is 0 Å². The van der Waals surface area contributed by atoms with Crippen molar-refractivity contribution in [3.8, 4) is 0 Å². The number of hydrogen-bond acceptors (Lipinski definition) is 3. The van der Waals surface area contributed by atoms with Crippen molar-refractivity contribution in [1.29, 1.82) is 0 Å². The van der Waals surface area contributed by atoms with E-state index in [9.17, 15) is 4.79 Å². The first kappa shape index (κ1) is 28.0. The van der Waals surface area contributed by atoms with Crippen molar-refractivity contribution in [2.24, 2.45) is 4.99 Å². The van der Waals surface area contributed by atoms with Crippen molar-refractivity contribution in [3.05, 3.63) is 34.9 Å². The van der Waals surface area contributed by atoms with Gasteiger partial charge in [0.1, 0.15) is 0 Å². The highest BCUT2D eigenvalue weighted by Crippen LogP contribution is 2.13. The van der Waals surface area contributed by atoms with Crippen molar-refractivity contribution in [2.45, 2.75) is 40.0 Å². The summed E-state index contributed by atoms with van der Waals surface area (Å²) >= 11 is 6.04. The number of benzene rings is 1. The van der Waals surface area contributed by atoms with E-state index in [1.807, 2.05) is 29.2 Å². The van der Waals surface area contributed by atoms with Gasteiger partial charge in [-0.1, -0.05) is 37.6 Å². The van der Waals surface area contributed by atoms with Gasteiger partial charge in [0.2, 0.25) is 5.91 Å². The van der Waals surface area contributed by atoms with E-state index < -0.39 is 0 Å². The minimum atomic E-state index is 0. The molecule has 1 amide bonds. The summed E-state index contributed by atoms with van der Waals surface area (Å²) in [6, 6.07) is 7.55. The van der Waals surface area contributed by atoms with E-state index in [2.05, 4.69) is 35.9 Å². The highest BCUT2D eigenvalue weighted by Gasteiger charge is 2.23. The molecule has 0 unspecified atom stereocenters. The number of hydrogen-bond donors (Lipinski definition) is 1. The second-order valence-electron chi connectivity index (χ2n) is 7.64. The molecule has 176 valence electrons. The molecular weight excluding hydrogens is 525 g/mol. The van der Waals surface area contributed by atoms with Gasteiger partial charge in [-0.25, -0.2) is 0 Å². The molecule has 6 nitrogen and oxygen atoms in total. The third-order valence-corrected chi connectivity index (χ3v) is 5.78. The molecule has 0 spiro atoms. The van der Waals surface area contributed by atoms with Gasteiger partial charge < -0.3 is 20.0 Å². The fourth-order valence-electron chi connectivity index (χ4n) is 3.70. The summed E-state index contributed by atoms with van der Waals surface area (Å²) in [7, 11) is 0. The molecule has 1 aromatic rings. The summed E-state index contributed by atoms with van der Waals surface area (Å²) in [5.41, 5.74) is 0.967. The Morgan fingerprint density at radius 1 is 1.10 bits per heavy atom. The zero-order chi connectivity index (χ0) is 21.8. The van der Waals surface area contributed by atoms with Crippen LogP contribution in [0.2, 0.25) is 5.02 Å². The number of carbonyl (C=O) groups is 1. The van der Waals surface area contributed by atoms with Gasteiger partial charge in [-0.3, -0.25) is 9.79 Å². The quantitative estimate of drug-likeness (QED) is 0.204. The maximum absolute atomic E-state index is 12.6. The fourth-order valence-corrected chi connectivity index (χ4v) is 3.91. The molecular formula is C23H39ClIN5O. The predicted octanol–water partition coefficient (Wildman–Crippen LogP) is 3.73. The molecule has 2 rings (SSSR count). The fraction of sp³-hybridized carbons (Fsp3) is 0.652. The molecule has 8 heteroatoms. The molecule has 1 N–H and O–H groups in total. The zero-order valence-electron chi connectivity index (χ0n) is 19.3. The Balaban J connectivity index is 0.00000480. The van der Waals surface area contributed by atoms with Crippen LogP contribution in [0.5, 0.6) is 0 Å². The smallest absolute Gasteiger partial charge is 0.227 e. The van der Waals surface area contributed by atoms with Crippen LogP contribution in [0.1, 0.15) is 39.2 Å². The Kier molecular flexibility index (Phi) is 14.2. The molecule has 1 saturated heterocycles. The average Bonchev–Trinajstić information content (AvgIpc) is 2.75. The van der Waals surface area contributed by atoms with Crippen LogP contribution in [-0.4, -0.2) is 85.5 Å². The van der Waals surface area contributed by atoms with Crippen LogP contribution in [0.3, 0.4) is 0 Å². The molecule has 0 bridgehead atoms. The number of aliphatic imine (C=N–C) groups is 1. The minimum Gasteiger partial charge on any atom is -0.357 e. The summed E-state index contributed by atoms with van der Waals surface area (Å²) in [6.45, 7) is 14.7. The lowest BCUT2D eigenvalue weighted by Crippen LogP contribution is -2.54. The Morgan fingerprint density at radius 2 is 1.77 bits per heavy atom. The molecule has 0 radical (unpaired) electrons. The number of piperazine rings is 1. The molecule has 1 aliphatic rings. The highest BCUT2D eigenvalue weighted by atomic mass is 127. The molecule has 1 aliphatic heterocycles. The Bertz CT molecular complexity index is 676. The van der Waals surface area contributed by atoms with Crippen molar-refractivity contribution in [3.63, 3.8) is 0 Å². The van der Waals surface area contributed by atoms with Gasteiger partial charge >= 0.3 is 0 Å². The molecule has 0 saturated carbocycles. The predicted molar refractivity (Wildman–Crippen MR) is 142 cm³/mol. The number of halogens is 2. The molecule has 1 aromatic carbocycles. The number of unbranched alkanes of at least 4 members (excludes halogenated alkanes) is 1. The van der Waals surface area contributed by atoms with E-state index in [-0.39, 0.29) is 29.9 Å². The molecule has 0 aliphatic carbocycles. The number of nitrogens with one attached hydrogen (secondary N) is 1. The average molecular weight is 564 g/mol. The third-order valence-electron chi connectivity index (χ3n) is 5.55. The van der Waals surface area contributed by atoms with Gasteiger partial charge in [0.25, 0.3) is 0 Å². The maximum Gasteiger partial charge on any atom is 0.227 e. The summed E-state index contributed by atoms with van der Waals surface area (Å²) in [5, 5.41) is 4.09. The number of amides is 1. The van der Waals surface area contributed by atoms with Crippen LogP contribution < -0.4 is 5.32 Å². The van der Waals surface area contributed by atoms with Gasteiger partial charge in [-0.05, 0) is 57.1 Å². The van der Waals surface area contributed by atoms with E-state index in [1.54, 1.807) is 0 Å². The maximum atomic E-state index is 12.6. The van der Waals surface area contributed by atoms with Crippen molar-refractivity contribution >= 4 is 47.4 Å². The lowest BCUT2D eigenvalue weighted by atomic mass is 10.1. The standard InChI is InChI=1S/C23H38ClN5O.HI/c1-4-25-23(26-12-7-8-13-27(5-2)6-3)29-16-14-28(15-17-29)22(30)19-20-10-9-11-21(24)18-20;/h9-11,18H,4-8,12-17,19H2,1-3H3,(H,25,26);1H. The van der Waals surface area contributed by atoms with Crippen molar-refractivity contribution in [1.82, 2.24) is 20.0 Å². The van der Waals surface area contributed by atoms with Gasteiger partial charge in [0, 0.05) is 44.3 Å². The lowest BCUT2D eigenvalue weighted by Gasteiger charge is -2.36. The second kappa shape index (κ2) is 15.7. The number of guanidine groups is 1. The molecule has 31 heavy (non-hydrogen) atoms. The third kappa shape index (κ3) is 9.95. The van der Waals surface area contributed by atoms with Gasteiger partial charge in [0.05, 0.1) is 6.42 Å². The number of carbonyl (C=O) groups excluding carboxylic acids is 1. The van der Waals surface area contributed by atoms with E-state index in [0.717, 1.165) is 76.8 Å². The Morgan fingerprint density at radius 3 is 2.39 bits per heavy atom. The minimum absolute atomic E-state index is 0. The van der Waals surface area contributed by atoms with Gasteiger partial charge in [-0.2, -0.15) is 0 Å². The number of rotatable bonds is 10. The van der Waals surface area contributed by atoms with Crippen LogP contribution >= 0.6 is 35.6 Å². The summed E-state index contributed by atoms with van der Waals surface area (Å²) in [6.07, 6.45) is 2.68. The molecule has 1 fully saturated rings. The van der Waals surface area contributed by atoms with E-state index in [1.165, 1.54) is 6.42 Å². The second-order valence-corrected chi connectivity index (χ2v) is 8.08. The SMILES string of the molecule is CCNC(=NCCCCN(CC)CC)N1CCN(C(=O)Cc2cccc(Cl)c2)CC1.I. The Hall–Kier alpha value is -1.06.